The van der Waals surface area contributed by atoms with Gasteiger partial charge in [-0.3, -0.25) is 4.79 Å². The lowest BCUT2D eigenvalue weighted by atomic mass is 10.00. The van der Waals surface area contributed by atoms with E-state index in [-0.39, 0.29) is 0 Å². The standard InChI is InChI=1S/C16H17NO2/c1-17(2)14-6-4-12(5-7-14)16-9-8-15(19-3)10-13(16)11-18/h4-11H,1-3H3. The fraction of sp³-hybridized carbons (Fsp3) is 0.188. The number of carbonyl (C=O) groups excluding carboxylic acids is 1. The Morgan fingerprint density at radius 1 is 1.05 bits per heavy atom. The number of rotatable bonds is 4. The summed E-state index contributed by atoms with van der Waals surface area (Å²) in [4.78, 5) is 13.2. The van der Waals surface area contributed by atoms with E-state index in [1.165, 1.54) is 0 Å². The Morgan fingerprint density at radius 3 is 2.26 bits per heavy atom. The van der Waals surface area contributed by atoms with E-state index in [2.05, 4.69) is 0 Å². The average molecular weight is 255 g/mol. The first-order valence-electron chi connectivity index (χ1n) is 6.06. The summed E-state index contributed by atoms with van der Waals surface area (Å²) in [6, 6.07) is 13.6. The van der Waals surface area contributed by atoms with Crippen molar-refractivity contribution in [2.75, 3.05) is 26.1 Å². The van der Waals surface area contributed by atoms with Crippen LogP contribution in [0.2, 0.25) is 0 Å². The van der Waals surface area contributed by atoms with Crippen molar-refractivity contribution in [1.82, 2.24) is 0 Å². The van der Waals surface area contributed by atoms with Crippen molar-refractivity contribution < 1.29 is 9.53 Å². The molecule has 2 aromatic carbocycles. The van der Waals surface area contributed by atoms with Crippen molar-refractivity contribution in [2.24, 2.45) is 0 Å². The van der Waals surface area contributed by atoms with E-state index in [9.17, 15) is 4.79 Å². The first-order valence-corrected chi connectivity index (χ1v) is 6.06. The van der Waals surface area contributed by atoms with Crippen LogP contribution in [0.4, 0.5) is 5.69 Å². The Morgan fingerprint density at radius 2 is 1.74 bits per heavy atom. The van der Waals surface area contributed by atoms with Crippen LogP contribution in [0.5, 0.6) is 5.75 Å². The summed E-state index contributed by atoms with van der Waals surface area (Å²) >= 11 is 0. The van der Waals surface area contributed by atoms with Crippen molar-refractivity contribution in [3.63, 3.8) is 0 Å². The highest BCUT2D eigenvalue weighted by Crippen LogP contribution is 2.27. The largest absolute Gasteiger partial charge is 0.497 e. The van der Waals surface area contributed by atoms with Gasteiger partial charge in [0.05, 0.1) is 7.11 Å². The lowest BCUT2D eigenvalue weighted by Crippen LogP contribution is -2.07. The summed E-state index contributed by atoms with van der Waals surface area (Å²) < 4.78 is 5.13. The topological polar surface area (TPSA) is 29.5 Å². The molecule has 0 aromatic heterocycles. The zero-order valence-corrected chi connectivity index (χ0v) is 11.4. The van der Waals surface area contributed by atoms with Gasteiger partial charge in [0.2, 0.25) is 0 Å². The third-order valence-corrected chi connectivity index (χ3v) is 3.08. The van der Waals surface area contributed by atoms with Crippen molar-refractivity contribution in [3.05, 3.63) is 48.0 Å². The van der Waals surface area contributed by atoms with Crippen molar-refractivity contribution in [3.8, 4) is 16.9 Å². The van der Waals surface area contributed by atoms with Gasteiger partial charge < -0.3 is 9.64 Å². The molecular weight excluding hydrogens is 238 g/mol. The molecule has 2 aromatic rings. The van der Waals surface area contributed by atoms with E-state index >= 15 is 0 Å². The van der Waals surface area contributed by atoms with Crippen LogP contribution in [0.15, 0.2) is 42.5 Å². The zero-order valence-electron chi connectivity index (χ0n) is 11.4. The monoisotopic (exact) mass is 255 g/mol. The summed E-state index contributed by atoms with van der Waals surface area (Å²) in [5.41, 5.74) is 3.71. The second-order valence-electron chi connectivity index (χ2n) is 4.51. The van der Waals surface area contributed by atoms with Crippen LogP contribution in [-0.4, -0.2) is 27.5 Å². The minimum absolute atomic E-state index is 0.636. The van der Waals surface area contributed by atoms with Gasteiger partial charge in [-0.2, -0.15) is 0 Å². The Balaban J connectivity index is 2.43. The number of anilines is 1. The Labute approximate surface area is 113 Å². The smallest absolute Gasteiger partial charge is 0.150 e. The summed E-state index contributed by atoms with van der Waals surface area (Å²) in [6.45, 7) is 0. The van der Waals surface area contributed by atoms with Crippen LogP contribution >= 0.6 is 0 Å². The molecule has 0 saturated carbocycles. The Kier molecular flexibility index (Phi) is 3.85. The molecule has 98 valence electrons. The molecule has 0 heterocycles. The van der Waals surface area contributed by atoms with Gasteiger partial charge in [-0.15, -0.1) is 0 Å². The van der Waals surface area contributed by atoms with E-state index in [0.29, 0.717) is 11.3 Å². The number of nitrogens with zero attached hydrogens (tertiary/aromatic N) is 1. The highest BCUT2D eigenvalue weighted by molar-refractivity contribution is 5.88. The predicted octanol–water partition coefficient (Wildman–Crippen LogP) is 3.24. The number of benzene rings is 2. The highest BCUT2D eigenvalue weighted by atomic mass is 16.5. The van der Waals surface area contributed by atoms with Crippen LogP contribution in [0.3, 0.4) is 0 Å². The predicted molar refractivity (Wildman–Crippen MR) is 78.1 cm³/mol. The van der Waals surface area contributed by atoms with Gasteiger partial charge in [0.25, 0.3) is 0 Å². The van der Waals surface area contributed by atoms with Gasteiger partial charge in [0.1, 0.15) is 5.75 Å². The summed E-state index contributed by atoms with van der Waals surface area (Å²) in [7, 11) is 5.59. The van der Waals surface area contributed by atoms with Crippen LogP contribution in [-0.2, 0) is 0 Å². The zero-order chi connectivity index (χ0) is 13.8. The summed E-state index contributed by atoms with van der Waals surface area (Å²) in [6.07, 6.45) is 0.859. The lowest BCUT2D eigenvalue weighted by molar-refractivity contribution is 0.112. The van der Waals surface area contributed by atoms with Gasteiger partial charge in [-0.05, 0) is 41.5 Å². The number of carbonyl (C=O) groups is 1. The quantitative estimate of drug-likeness (QED) is 0.785. The number of methoxy groups -OCH3 is 1. The summed E-state index contributed by atoms with van der Waals surface area (Å²) in [5, 5.41) is 0. The van der Waals surface area contributed by atoms with Crippen LogP contribution in [0.1, 0.15) is 10.4 Å². The number of ether oxygens (including phenoxy) is 1. The Hall–Kier alpha value is -2.29. The molecule has 0 aliphatic rings. The van der Waals surface area contributed by atoms with Crippen LogP contribution in [0, 0.1) is 0 Å². The molecule has 0 spiro atoms. The van der Waals surface area contributed by atoms with Crippen molar-refractivity contribution in [2.45, 2.75) is 0 Å². The fourth-order valence-corrected chi connectivity index (χ4v) is 1.97. The lowest BCUT2D eigenvalue weighted by Gasteiger charge is -2.13. The maximum atomic E-state index is 11.2. The van der Waals surface area contributed by atoms with E-state index in [4.69, 9.17) is 4.74 Å². The molecule has 3 nitrogen and oxygen atoms in total. The summed E-state index contributed by atoms with van der Waals surface area (Å²) in [5.74, 6) is 0.691. The average Bonchev–Trinajstić information content (AvgIpc) is 2.46. The molecule has 19 heavy (non-hydrogen) atoms. The van der Waals surface area contributed by atoms with Crippen LogP contribution < -0.4 is 9.64 Å². The molecule has 0 aliphatic carbocycles. The van der Waals surface area contributed by atoms with Gasteiger partial charge >= 0.3 is 0 Å². The number of aldehydes is 1. The van der Waals surface area contributed by atoms with Gasteiger partial charge in [-0.25, -0.2) is 0 Å². The molecular formula is C16H17NO2. The first-order chi connectivity index (χ1) is 9.15. The molecule has 0 atom stereocenters. The molecule has 0 unspecified atom stereocenters. The fourth-order valence-electron chi connectivity index (χ4n) is 1.97. The molecule has 3 heteroatoms. The number of hydrogen-bond donors (Lipinski definition) is 0. The Bertz CT molecular complexity index is 574. The van der Waals surface area contributed by atoms with E-state index in [1.807, 2.05) is 55.4 Å². The third kappa shape index (κ3) is 2.76. The van der Waals surface area contributed by atoms with Gasteiger partial charge in [0, 0.05) is 25.3 Å². The maximum Gasteiger partial charge on any atom is 0.150 e. The van der Waals surface area contributed by atoms with Crippen molar-refractivity contribution in [1.29, 1.82) is 0 Å². The second-order valence-corrected chi connectivity index (χ2v) is 4.51. The van der Waals surface area contributed by atoms with Gasteiger partial charge in [0.15, 0.2) is 6.29 Å². The normalized spacial score (nSPS) is 10.1. The molecule has 0 bridgehead atoms. The van der Waals surface area contributed by atoms with Gasteiger partial charge in [-0.1, -0.05) is 12.1 Å². The molecule has 0 N–H and O–H groups in total. The van der Waals surface area contributed by atoms with E-state index in [0.717, 1.165) is 23.1 Å². The maximum absolute atomic E-state index is 11.2. The van der Waals surface area contributed by atoms with E-state index < -0.39 is 0 Å². The van der Waals surface area contributed by atoms with Crippen molar-refractivity contribution >= 4 is 12.0 Å². The minimum atomic E-state index is 0.636. The molecule has 2 rings (SSSR count). The molecule has 0 fully saturated rings. The molecule has 0 amide bonds. The molecule has 0 radical (unpaired) electrons. The third-order valence-electron chi connectivity index (χ3n) is 3.08. The minimum Gasteiger partial charge on any atom is -0.497 e. The van der Waals surface area contributed by atoms with E-state index in [1.54, 1.807) is 13.2 Å². The molecule has 0 saturated heterocycles. The first kappa shape index (κ1) is 13.1. The molecule has 0 aliphatic heterocycles. The second kappa shape index (κ2) is 5.57. The van der Waals surface area contributed by atoms with Crippen LogP contribution in [0.25, 0.3) is 11.1 Å². The highest BCUT2D eigenvalue weighted by Gasteiger charge is 2.06. The number of hydrogen-bond acceptors (Lipinski definition) is 3. The SMILES string of the molecule is COc1ccc(-c2ccc(N(C)C)cc2)c(C=O)c1.